The molecule has 3 rings (SSSR count). The molecule has 2 aromatic rings. The number of thiazole rings is 1. The number of aromatic nitrogens is 1. The summed E-state index contributed by atoms with van der Waals surface area (Å²) in [5, 5.41) is 5.42. The SMILES string of the molecule is O=C(NC1CCN(c2nccs2)C1)c1ccccc1C(F)(F)F. The molecule has 1 fully saturated rings. The summed E-state index contributed by atoms with van der Waals surface area (Å²) < 4.78 is 38.9. The van der Waals surface area contributed by atoms with E-state index in [4.69, 9.17) is 0 Å². The fraction of sp³-hybridized carbons (Fsp3) is 0.333. The van der Waals surface area contributed by atoms with E-state index in [1.165, 1.54) is 29.5 Å². The Balaban J connectivity index is 1.69. The van der Waals surface area contributed by atoms with Crippen LogP contribution in [0.3, 0.4) is 0 Å². The van der Waals surface area contributed by atoms with E-state index >= 15 is 0 Å². The lowest BCUT2D eigenvalue weighted by molar-refractivity contribution is -0.137. The van der Waals surface area contributed by atoms with Crippen LogP contribution in [-0.2, 0) is 6.18 Å². The van der Waals surface area contributed by atoms with Crippen LogP contribution in [0.4, 0.5) is 18.3 Å². The molecule has 2 heterocycles. The topological polar surface area (TPSA) is 45.2 Å². The standard InChI is InChI=1S/C15H14F3N3OS/c16-15(17,18)12-4-2-1-3-11(12)13(22)20-10-5-7-21(9-10)14-19-6-8-23-14/h1-4,6,8,10H,5,7,9H2,(H,20,22). The minimum Gasteiger partial charge on any atom is -0.347 e. The summed E-state index contributed by atoms with van der Waals surface area (Å²) in [6.07, 6.45) is -2.17. The molecular formula is C15H14F3N3OS. The first-order valence-electron chi connectivity index (χ1n) is 7.06. The van der Waals surface area contributed by atoms with Gasteiger partial charge in [-0.15, -0.1) is 11.3 Å². The molecule has 4 nitrogen and oxygen atoms in total. The van der Waals surface area contributed by atoms with Crippen molar-refractivity contribution in [3.8, 4) is 0 Å². The Morgan fingerprint density at radius 3 is 2.83 bits per heavy atom. The summed E-state index contributed by atoms with van der Waals surface area (Å²) in [5.74, 6) is -0.691. The average molecular weight is 341 g/mol. The summed E-state index contributed by atoms with van der Waals surface area (Å²) in [5.41, 5.74) is -1.25. The largest absolute Gasteiger partial charge is 0.417 e. The fourth-order valence-electron chi connectivity index (χ4n) is 2.62. The van der Waals surface area contributed by atoms with E-state index in [0.29, 0.717) is 13.0 Å². The molecule has 0 saturated carbocycles. The Morgan fingerprint density at radius 2 is 2.13 bits per heavy atom. The zero-order valence-electron chi connectivity index (χ0n) is 12.0. The molecular weight excluding hydrogens is 327 g/mol. The molecule has 122 valence electrons. The zero-order chi connectivity index (χ0) is 16.4. The highest BCUT2D eigenvalue weighted by atomic mass is 32.1. The highest BCUT2D eigenvalue weighted by Crippen LogP contribution is 2.32. The molecule has 1 aliphatic rings. The van der Waals surface area contributed by atoms with Crippen molar-refractivity contribution >= 4 is 22.4 Å². The summed E-state index contributed by atoms with van der Waals surface area (Å²) in [6, 6.07) is 4.64. The van der Waals surface area contributed by atoms with Gasteiger partial charge < -0.3 is 10.2 Å². The first kappa shape index (κ1) is 15.8. The van der Waals surface area contributed by atoms with Crippen LogP contribution in [0.15, 0.2) is 35.8 Å². The molecule has 1 aliphatic heterocycles. The molecule has 0 aliphatic carbocycles. The Morgan fingerprint density at radius 1 is 1.35 bits per heavy atom. The summed E-state index contributed by atoms with van der Waals surface area (Å²) in [7, 11) is 0. The number of carbonyl (C=O) groups excluding carboxylic acids is 1. The van der Waals surface area contributed by atoms with Gasteiger partial charge in [-0.3, -0.25) is 4.79 Å². The van der Waals surface area contributed by atoms with E-state index in [9.17, 15) is 18.0 Å². The van der Waals surface area contributed by atoms with Gasteiger partial charge in [0.15, 0.2) is 5.13 Å². The van der Waals surface area contributed by atoms with Crippen molar-refractivity contribution < 1.29 is 18.0 Å². The number of nitrogens with one attached hydrogen (secondary N) is 1. The van der Waals surface area contributed by atoms with Gasteiger partial charge in [0.1, 0.15) is 0 Å². The average Bonchev–Trinajstić information content (AvgIpc) is 3.17. The van der Waals surface area contributed by atoms with Gasteiger partial charge in [-0.2, -0.15) is 13.2 Å². The number of halogens is 3. The van der Waals surface area contributed by atoms with Crippen LogP contribution < -0.4 is 10.2 Å². The van der Waals surface area contributed by atoms with Gasteiger partial charge in [0.2, 0.25) is 0 Å². The second-order valence-corrected chi connectivity index (χ2v) is 6.14. The molecule has 1 aromatic carbocycles. The number of rotatable bonds is 3. The van der Waals surface area contributed by atoms with E-state index in [2.05, 4.69) is 10.3 Å². The predicted molar refractivity (Wildman–Crippen MR) is 81.6 cm³/mol. The van der Waals surface area contributed by atoms with Crippen LogP contribution in [0.5, 0.6) is 0 Å². The van der Waals surface area contributed by atoms with E-state index in [-0.39, 0.29) is 11.6 Å². The van der Waals surface area contributed by atoms with Crippen LogP contribution >= 0.6 is 11.3 Å². The van der Waals surface area contributed by atoms with Crippen molar-refractivity contribution in [1.82, 2.24) is 10.3 Å². The first-order chi connectivity index (χ1) is 10.9. The van der Waals surface area contributed by atoms with Crippen molar-refractivity contribution in [2.45, 2.75) is 18.6 Å². The molecule has 0 bridgehead atoms. The van der Waals surface area contributed by atoms with Gasteiger partial charge in [-0.1, -0.05) is 12.1 Å². The number of anilines is 1. The van der Waals surface area contributed by atoms with Crippen LogP contribution in [0, 0.1) is 0 Å². The van der Waals surface area contributed by atoms with Crippen molar-refractivity contribution in [3.05, 3.63) is 47.0 Å². The number of benzene rings is 1. The minimum atomic E-state index is -4.55. The minimum absolute atomic E-state index is 0.187. The molecule has 0 spiro atoms. The molecule has 1 aromatic heterocycles. The van der Waals surface area contributed by atoms with Gasteiger partial charge in [0.25, 0.3) is 5.91 Å². The number of alkyl halides is 3. The normalized spacial score (nSPS) is 18.2. The smallest absolute Gasteiger partial charge is 0.347 e. The van der Waals surface area contributed by atoms with Crippen LogP contribution in [0.25, 0.3) is 0 Å². The second-order valence-electron chi connectivity index (χ2n) is 5.26. The quantitative estimate of drug-likeness (QED) is 0.933. The molecule has 0 radical (unpaired) electrons. The maximum atomic E-state index is 13.0. The van der Waals surface area contributed by atoms with Crippen molar-refractivity contribution in [1.29, 1.82) is 0 Å². The van der Waals surface area contributed by atoms with Crippen LogP contribution in [-0.4, -0.2) is 30.0 Å². The van der Waals surface area contributed by atoms with Gasteiger partial charge >= 0.3 is 6.18 Å². The number of carbonyl (C=O) groups is 1. The summed E-state index contributed by atoms with van der Waals surface area (Å²) in [6.45, 7) is 1.27. The highest BCUT2D eigenvalue weighted by Gasteiger charge is 2.35. The molecule has 8 heteroatoms. The van der Waals surface area contributed by atoms with E-state index in [1.54, 1.807) is 6.20 Å². The lowest BCUT2D eigenvalue weighted by Crippen LogP contribution is -2.38. The predicted octanol–water partition coefficient (Wildman–Crippen LogP) is 3.17. The Bertz CT molecular complexity index is 688. The number of nitrogens with zero attached hydrogens (tertiary/aromatic N) is 2. The Kier molecular flexibility index (Phi) is 4.25. The van der Waals surface area contributed by atoms with Crippen LogP contribution in [0.1, 0.15) is 22.3 Å². The maximum absolute atomic E-state index is 13.0. The summed E-state index contributed by atoms with van der Waals surface area (Å²) >= 11 is 1.50. The zero-order valence-corrected chi connectivity index (χ0v) is 12.8. The number of hydrogen-bond acceptors (Lipinski definition) is 4. The molecule has 1 unspecified atom stereocenters. The molecule has 23 heavy (non-hydrogen) atoms. The number of hydrogen-bond donors (Lipinski definition) is 1. The third kappa shape index (κ3) is 3.47. The third-order valence-corrected chi connectivity index (χ3v) is 4.52. The van der Waals surface area contributed by atoms with Gasteiger partial charge in [-0.25, -0.2) is 4.98 Å². The lowest BCUT2D eigenvalue weighted by atomic mass is 10.1. The van der Waals surface area contributed by atoms with Gasteiger partial charge in [0, 0.05) is 30.7 Å². The van der Waals surface area contributed by atoms with Gasteiger partial charge in [-0.05, 0) is 18.6 Å². The second kappa shape index (κ2) is 6.19. The molecule has 1 saturated heterocycles. The third-order valence-electron chi connectivity index (χ3n) is 3.69. The molecule has 1 atom stereocenters. The number of amides is 1. The van der Waals surface area contributed by atoms with E-state index < -0.39 is 17.6 Å². The first-order valence-corrected chi connectivity index (χ1v) is 7.94. The van der Waals surface area contributed by atoms with E-state index in [0.717, 1.165) is 17.7 Å². The van der Waals surface area contributed by atoms with Gasteiger partial charge in [0.05, 0.1) is 11.1 Å². The van der Waals surface area contributed by atoms with Crippen LogP contribution in [0.2, 0.25) is 0 Å². The highest BCUT2D eigenvalue weighted by molar-refractivity contribution is 7.13. The molecule has 1 N–H and O–H groups in total. The van der Waals surface area contributed by atoms with Crippen molar-refractivity contribution in [2.24, 2.45) is 0 Å². The molecule has 1 amide bonds. The lowest BCUT2D eigenvalue weighted by Gasteiger charge is -2.17. The van der Waals surface area contributed by atoms with Crippen molar-refractivity contribution in [2.75, 3.05) is 18.0 Å². The fourth-order valence-corrected chi connectivity index (χ4v) is 3.30. The Labute approximate surface area is 135 Å². The van der Waals surface area contributed by atoms with E-state index in [1.807, 2.05) is 10.3 Å². The maximum Gasteiger partial charge on any atom is 0.417 e. The van der Waals surface area contributed by atoms with Crippen molar-refractivity contribution in [3.63, 3.8) is 0 Å². The monoisotopic (exact) mass is 341 g/mol. The summed E-state index contributed by atoms with van der Waals surface area (Å²) in [4.78, 5) is 18.4. The Hall–Kier alpha value is -2.09.